The van der Waals surface area contributed by atoms with Gasteiger partial charge in [0.15, 0.2) is 0 Å². The number of rotatable bonds is 6. The van der Waals surface area contributed by atoms with E-state index in [1.807, 2.05) is 11.8 Å². The number of carbonyl (C=O) groups is 1. The lowest BCUT2D eigenvalue weighted by atomic mass is 10.4. The summed E-state index contributed by atoms with van der Waals surface area (Å²) in [7, 11) is 0. The van der Waals surface area contributed by atoms with Crippen LogP contribution < -0.4 is 5.73 Å². The quantitative estimate of drug-likeness (QED) is 0.722. The summed E-state index contributed by atoms with van der Waals surface area (Å²) in [6.45, 7) is 5.60. The predicted molar refractivity (Wildman–Crippen MR) is 61.4 cm³/mol. The van der Waals surface area contributed by atoms with Gasteiger partial charge in [0.1, 0.15) is 0 Å². The highest BCUT2D eigenvalue weighted by Gasteiger charge is 2.31. The predicted octanol–water partition coefficient (Wildman–Crippen LogP) is 1.08. The van der Waals surface area contributed by atoms with E-state index in [0.717, 1.165) is 6.54 Å². The maximum Gasteiger partial charge on any atom is 0.232 e. The van der Waals surface area contributed by atoms with Crippen molar-refractivity contribution in [2.45, 2.75) is 38.0 Å². The minimum Gasteiger partial charge on any atom is -0.339 e. The Kier molecular flexibility index (Phi) is 4.75. The summed E-state index contributed by atoms with van der Waals surface area (Å²) in [4.78, 5) is 13.7. The Labute approximate surface area is 90.4 Å². The minimum atomic E-state index is 0.278. The monoisotopic (exact) mass is 216 g/mol. The van der Waals surface area contributed by atoms with Crippen LogP contribution in [0.5, 0.6) is 0 Å². The maximum atomic E-state index is 11.7. The van der Waals surface area contributed by atoms with Gasteiger partial charge >= 0.3 is 0 Å². The molecule has 0 heterocycles. The molecule has 1 fully saturated rings. The molecule has 1 amide bonds. The standard InChI is InChI=1S/C10H20N2OS/c1-3-12(9-4-5-9)10(13)7-14-8(2)6-11/h8-9H,3-7,11H2,1-2H3. The molecule has 1 rings (SSSR count). The number of hydrogen-bond donors (Lipinski definition) is 1. The van der Waals surface area contributed by atoms with E-state index < -0.39 is 0 Å². The Hall–Kier alpha value is -0.220. The summed E-state index contributed by atoms with van der Waals surface area (Å²) in [5.41, 5.74) is 5.49. The van der Waals surface area contributed by atoms with Crippen molar-refractivity contribution in [2.75, 3.05) is 18.8 Å². The van der Waals surface area contributed by atoms with E-state index >= 15 is 0 Å². The molecule has 82 valence electrons. The summed E-state index contributed by atoms with van der Waals surface area (Å²) in [5.74, 6) is 0.864. The molecule has 0 aromatic rings. The molecule has 2 N–H and O–H groups in total. The Bertz CT molecular complexity index is 195. The zero-order chi connectivity index (χ0) is 10.6. The molecular formula is C10H20N2OS. The highest BCUT2D eigenvalue weighted by molar-refractivity contribution is 8.00. The molecule has 0 saturated heterocycles. The first-order valence-corrected chi connectivity index (χ1v) is 6.35. The number of amides is 1. The van der Waals surface area contributed by atoms with Gasteiger partial charge < -0.3 is 10.6 Å². The highest BCUT2D eigenvalue weighted by Crippen LogP contribution is 2.27. The second-order valence-corrected chi connectivity index (χ2v) is 5.19. The summed E-state index contributed by atoms with van der Waals surface area (Å²) in [6, 6.07) is 0.543. The Morgan fingerprint density at radius 2 is 2.29 bits per heavy atom. The number of nitrogens with zero attached hydrogens (tertiary/aromatic N) is 1. The van der Waals surface area contributed by atoms with Crippen LogP contribution in [0.2, 0.25) is 0 Å². The fraction of sp³-hybridized carbons (Fsp3) is 0.900. The van der Waals surface area contributed by atoms with Gasteiger partial charge in [-0.2, -0.15) is 0 Å². The number of thioether (sulfide) groups is 1. The summed E-state index contributed by atoms with van der Waals surface area (Å²) in [6.07, 6.45) is 2.38. The van der Waals surface area contributed by atoms with Crippen LogP contribution in [0, 0.1) is 0 Å². The van der Waals surface area contributed by atoms with Gasteiger partial charge in [-0.3, -0.25) is 4.79 Å². The number of hydrogen-bond acceptors (Lipinski definition) is 3. The molecular weight excluding hydrogens is 196 g/mol. The molecule has 0 aliphatic heterocycles. The van der Waals surface area contributed by atoms with Crippen LogP contribution in [-0.4, -0.2) is 40.9 Å². The molecule has 0 bridgehead atoms. The molecule has 0 spiro atoms. The molecule has 0 radical (unpaired) electrons. The molecule has 1 atom stereocenters. The van der Waals surface area contributed by atoms with Gasteiger partial charge in [-0.05, 0) is 19.8 Å². The van der Waals surface area contributed by atoms with E-state index in [1.165, 1.54) is 12.8 Å². The summed E-state index contributed by atoms with van der Waals surface area (Å²) in [5, 5.41) is 0.386. The first kappa shape index (κ1) is 11.9. The average Bonchev–Trinajstić information content (AvgIpc) is 2.99. The van der Waals surface area contributed by atoms with Crippen molar-refractivity contribution in [1.29, 1.82) is 0 Å². The van der Waals surface area contributed by atoms with Gasteiger partial charge in [0, 0.05) is 24.4 Å². The van der Waals surface area contributed by atoms with E-state index in [9.17, 15) is 4.79 Å². The third-order valence-electron chi connectivity index (χ3n) is 2.47. The normalized spacial score (nSPS) is 17.9. The van der Waals surface area contributed by atoms with E-state index in [0.29, 0.717) is 23.6 Å². The van der Waals surface area contributed by atoms with Crippen molar-refractivity contribution in [2.24, 2.45) is 5.73 Å². The van der Waals surface area contributed by atoms with Gasteiger partial charge in [0.2, 0.25) is 5.91 Å². The van der Waals surface area contributed by atoms with Crippen molar-refractivity contribution in [3.05, 3.63) is 0 Å². The number of nitrogens with two attached hydrogens (primary N) is 1. The lowest BCUT2D eigenvalue weighted by Gasteiger charge is -2.20. The number of carbonyl (C=O) groups excluding carboxylic acids is 1. The van der Waals surface area contributed by atoms with Crippen LogP contribution in [0.4, 0.5) is 0 Å². The fourth-order valence-corrected chi connectivity index (χ4v) is 2.12. The molecule has 1 saturated carbocycles. The largest absolute Gasteiger partial charge is 0.339 e. The van der Waals surface area contributed by atoms with Crippen LogP contribution in [-0.2, 0) is 4.79 Å². The van der Waals surface area contributed by atoms with Crippen LogP contribution >= 0.6 is 11.8 Å². The smallest absolute Gasteiger partial charge is 0.232 e. The Morgan fingerprint density at radius 3 is 2.71 bits per heavy atom. The third-order valence-corrected chi connectivity index (χ3v) is 3.65. The van der Waals surface area contributed by atoms with Crippen molar-refractivity contribution in [1.82, 2.24) is 4.90 Å². The Morgan fingerprint density at radius 1 is 1.64 bits per heavy atom. The van der Waals surface area contributed by atoms with Crippen LogP contribution in [0.3, 0.4) is 0 Å². The van der Waals surface area contributed by atoms with Crippen molar-refractivity contribution in [3.63, 3.8) is 0 Å². The van der Waals surface area contributed by atoms with Crippen molar-refractivity contribution >= 4 is 17.7 Å². The zero-order valence-electron chi connectivity index (χ0n) is 9.03. The average molecular weight is 216 g/mol. The first-order valence-electron chi connectivity index (χ1n) is 5.30. The van der Waals surface area contributed by atoms with E-state index in [-0.39, 0.29) is 5.91 Å². The van der Waals surface area contributed by atoms with Crippen LogP contribution in [0.15, 0.2) is 0 Å². The van der Waals surface area contributed by atoms with Crippen LogP contribution in [0.1, 0.15) is 26.7 Å². The van der Waals surface area contributed by atoms with Gasteiger partial charge in [0.05, 0.1) is 5.75 Å². The second kappa shape index (κ2) is 5.61. The SMILES string of the molecule is CCN(C(=O)CSC(C)CN)C1CC1. The van der Waals surface area contributed by atoms with E-state index in [2.05, 4.69) is 6.92 Å². The van der Waals surface area contributed by atoms with Gasteiger partial charge in [-0.15, -0.1) is 11.8 Å². The van der Waals surface area contributed by atoms with Crippen LogP contribution in [0.25, 0.3) is 0 Å². The van der Waals surface area contributed by atoms with Crippen molar-refractivity contribution < 1.29 is 4.79 Å². The topological polar surface area (TPSA) is 46.3 Å². The van der Waals surface area contributed by atoms with Gasteiger partial charge in [0.25, 0.3) is 0 Å². The van der Waals surface area contributed by atoms with E-state index in [1.54, 1.807) is 11.8 Å². The lowest BCUT2D eigenvalue weighted by molar-refractivity contribution is -0.128. The molecule has 0 aromatic carbocycles. The van der Waals surface area contributed by atoms with Crippen molar-refractivity contribution in [3.8, 4) is 0 Å². The zero-order valence-corrected chi connectivity index (χ0v) is 9.85. The first-order chi connectivity index (χ1) is 6.69. The maximum absolute atomic E-state index is 11.7. The third kappa shape index (κ3) is 3.50. The minimum absolute atomic E-state index is 0.278. The molecule has 1 aliphatic rings. The second-order valence-electron chi connectivity index (χ2n) is 3.77. The highest BCUT2D eigenvalue weighted by atomic mass is 32.2. The fourth-order valence-electron chi connectivity index (χ4n) is 1.39. The molecule has 14 heavy (non-hydrogen) atoms. The lowest BCUT2D eigenvalue weighted by Crippen LogP contribution is -2.34. The summed E-state index contributed by atoms with van der Waals surface area (Å²) >= 11 is 1.66. The van der Waals surface area contributed by atoms with E-state index in [4.69, 9.17) is 5.73 Å². The molecule has 0 aromatic heterocycles. The molecule has 3 nitrogen and oxygen atoms in total. The molecule has 1 unspecified atom stereocenters. The Balaban J connectivity index is 2.25. The molecule has 1 aliphatic carbocycles. The summed E-state index contributed by atoms with van der Waals surface area (Å²) < 4.78 is 0. The molecule has 4 heteroatoms. The van der Waals surface area contributed by atoms with Gasteiger partial charge in [-0.1, -0.05) is 6.92 Å². The van der Waals surface area contributed by atoms with Gasteiger partial charge in [-0.25, -0.2) is 0 Å².